The first-order valence-electron chi connectivity index (χ1n) is 5.82. The predicted molar refractivity (Wildman–Crippen MR) is 79.1 cm³/mol. The summed E-state index contributed by atoms with van der Waals surface area (Å²) in [4.78, 5) is -0.0403. The lowest BCUT2D eigenvalue weighted by molar-refractivity contribution is 0.245. The summed E-state index contributed by atoms with van der Waals surface area (Å²) in [5.41, 5.74) is 2.39. The van der Waals surface area contributed by atoms with Crippen molar-refractivity contribution in [2.75, 3.05) is 4.72 Å². The van der Waals surface area contributed by atoms with Crippen molar-refractivity contribution < 1.29 is 17.9 Å². The van der Waals surface area contributed by atoms with E-state index in [9.17, 15) is 8.42 Å². The monoisotopic (exact) mass is 359 g/mol. The molecule has 0 unspecified atom stereocenters. The second-order valence-corrected chi connectivity index (χ2v) is 6.80. The summed E-state index contributed by atoms with van der Waals surface area (Å²) in [5.74, 6) is 0.179. The third kappa shape index (κ3) is 3.05. The van der Waals surface area contributed by atoms with Crippen LogP contribution in [0.1, 0.15) is 16.9 Å². The lowest BCUT2D eigenvalue weighted by Crippen LogP contribution is -2.13. The fourth-order valence-electron chi connectivity index (χ4n) is 1.79. The molecule has 2 N–H and O–H groups in total. The first-order valence-corrected chi connectivity index (χ1v) is 8.10. The number of benzene rings is 1. The third-order valence-corrected chi connectivity index (χ3v) is 5.00. The summed E-state index contributed by atoms with van der Waals surface area (Å²) in [7, 11) is -3.77. The number of aliphatic hydroxyl groups is 1. The van der Waals surface area contributed by atoms with E-state index >= 15 is 0 Å². The Morgan fingerprint density at radius 3 is 2.55 bits per heavy atom. The van der Waals surface area contributed by atoms with Crippen molar-refractivity contribution in [2.24, 2.45) is 0 Å². The van der Waals surface area contributed by atoms with E-state index in [1.54, 1.807) is 6.07 Å². The maximum Gasteiger partial charge on any atom is 0.266 e. The smallest absolute Gasteiger partial charge is 0.266 e. The van der Waals surface area contributed by atoms with Crippen LogP contribution < -0.4 is 4.72 Å². The topological polar surface area (TPSA) is 79.5 Å². The van der Waals surface area contributed by atoms with Gasteiger partial charge in [0.05, 0.1) is 5.69 Å². The number of halogens is 1. The summed E-state index contributed by atoms with van der Waals surface area (Å²) in [6.07, 6.45) is 0. The molecule has 2 aromatic rings. The van der Waals surface area contributed by atoms with Crippen molar-refractivity contribution in [1.82, 2.24) is 0 Å². The molecule has 0 amide bonds. The van der Waals surface area contributed by atoms with Gasteiger partial charge >= 0.3 is 0 Å². The molecule has 5 nitrogen and oxygen atoms in total. The highest BCUT2D eigenvalue weighted by atomic mass is 79.9. The van der Waals surface area contributed by atoms with Crippen molar-refractivity contribution >= 4 is 31.6 Å². The summed E-state index contributed by atoms with van der Waals surface area (Å²) in [5, 5.41) is 8.98. The average Bonchev–Trinajstić information content (AvgIpc) is 2.75. The maximum absolute atomic E-state index is 12.3. The van der Waals surface area contributed by atoms with Crippen LogP contribution in [-0.4, -0.2) is 13.5 Å². The molecule has 20 heavy (non-hydrogen) atoms. The predicted octanol–water partition coefficient (Wildman–Crippen LogP) is 2.95. The van der Waals surface area contributed by atoms with Gasteiger partial charge in [0.15, 0.2) is 4.67 Å². The zero-order chi connectivity index (χ0) is 14.9. The van der Waals surface area contributed by atoms with Gasteiger partial charge in [-0.1, -0.05) is 17.7 Å². The lowest BCUT2D eigenvalue weighted by Gasteiger charge is -2.10. The molecule has 0 saturated heterocycles. The zero-order valence-corrected chi connectivity index (χ0v) is 13.4. The number of anilines is 1. The van der Waals surface area contributed by atoms with Gasteiger partial charge < -0.3 is 9.52 Å². The number of aryl methyl sites for hydroxylation is 2. The average molecular weight is 360 g/mol. The molecule has 1 heterocycles. The Bertz CT molecular complexity index is 737. The fourth-order valence-corrected chi connectivity index (χ4v) is 3.92. The second-order valence-electron chi connectivity index (χ2n) is 4.43. The van der Waals surface area contributed by atoms with Gasteiger partial charge in [-0.3, -0.25) is 4.72 Å². The van der Waals surface area contributed by atoms with E-state index in [-0.39, 0.29) is 21.9 Å². The maximum atomic E-state index is 12.3. The molecule has 2 rings (SSSR count). The molecule has 0 aliphatic carbocycles. The number of nitrogens with one attached hydrogen (secondary N) is 1. The van der Waals surface area contributed by atoms with Crippen molar-refractivity contribution in [3.8, 4) is 0 Å². The van der Waals surface area contributed by atoms with Gasteiger partial charge in [-0.05, 0) is 41.4 Å². The van der Waals surface area contributed by atoms with Crippen LogP contribution in [0, 0.1) is 13.8 Å². The molecule has 1 aromatic heterocycles. The molecule has 0 bridgehead atoms. The number of furan rings is 1. The highest BCUT2D eigenvalue weighted by Gasteiger charge is 2.23. The molecule has 0 radical (unpaired) electrons. The highest BCUT2D eigenvalue weighted by Crippen LogP contribution is 2.28. The van der Waals surface area contributed by atoms with Gasteiger partial charge in [-0.25, -0.2) is 8.42 Å². The van der Waals surface area contributed by atoms with E-state index in [1.165, 1.54) is 6.07 Å². The minimum Gasteiger partial charge on any atom is -0.450 e. The molecule has 0 aliphatic heterocycles. The molecular formula is C13H14BrNO4S. The Labute approximate surface area is 125 Å². The third-order valence-electron chi connectivity index (χ3n) is 2.78. The molecule has 0 saturated carbocycles. The molecule has 0 atom stereocenters. The Morgan fingerprint density at radius 2 is 2.00 bits per heavy atom. The lowest BCUT2D eigenvalue weighted by atomic mass is 10.1. The van der Waals surface area contributed by atoms with Gasteiger partial charge in [0.25, 0.3) is 10.0 Å². The summed E-state index contributed by atoms with van der Waals surface area (Å²) in [6, 6.07) is 6.72. The van der Waals surface area contributed by atoms with Gasteiger partial charge in [0.2, 0.25) is 0 Å². The van der Waals surface area contributed by atoms with Crippen LogP contribution >= 0.6 is 15.9 Å². The molecule has 1 aromatic carbocycles. The van der Waals surface area contributed by atoms with E-state index in [2.05, 4.69) is 20.7 Å². The van der Waals surface area contributed by atoms with Gasteiger partial charge in [-0.15, -0.1) is 0 Å². The first-order chi connectivity index (χ1) is 9.33. The standard InChI is InChI=1S/C13H14BrNO4S/c1-8-3-4-11(9(2)5-8)15-20(17,18)12-6-10(7-16)19-13(12)14/h3-6,15-16H,7H2,1-2H3. The zero-order valence-electron chi connectivity index (χ0n) is 11.0. The molecule has 0 spiro atoms. The Morgan fingerprint density at radius 1 is 1.30 bits per heavy atom. The van der Waals surface area contributed by atoms with Crippen LogP contribution in [0.25, 0.3) is 0 Å². The molecule has 0 fully saturated rings. The number of hydrogen-bond acceptors (Lipinski definition) is 4. The molecular weight excluding hydrogens is 346 g/mol. The normalized spacial score (nSPS) is 11.6. The van der Waals surface area contributed by atoms with Crippen LogP contribution in [-0.2, 0) is 16.6 Å². The van der Waals surface area contributed by atoms with E-state index in [0.29, 0.717) is 5.69 Å². The van der Waals surface area contributed by atoms with Crippen LogP contribution in [0.3, 0.4) is 0 Å². The summed E-state index contributed by atoms with van der Waals surface area (Å²) < 4.78 is 32.3. The van der Waals surface area contributed by atoms with Crippen LogP contribution in [0.15, 0.2) is 38.2 Å². The number of aliphatic hydroxyl groups excluding tert-OH is 1. The van der Waals surface area contributed by atoms with Crippen molar-refractivity contribution in [3.05, 3.63) is 45.8 Å². The fraction of sp³-hybridized carbons (Fsp3) is 0.231. The number of hydrogen-bond donors (Lipinski definition) is 2. The second kappa shape index (κ2) is 5.59. The Kier molecular flexibility index (Phi) is 4.22. The first kappa shape index (κ1) is 15.1. The van der Waals surface area contributed by atoms with Gasteiger partial charge in [0, 0.05) is 6.07 Å². The van der Waals surface area contributed by atoms with Gasteiger partial charge in [-0.2, -0.15) is 0 Å². The quantitative estimate of drug-likeness (QED) is 0.879. The SMILES string of the molecule is Cc1ccc(NS(=O)(=O)c2cc(CO)oc2Br)c(C)c1. The Hall–Kier alpha value is -1.31. The van der Waals surface area contributed by atoms with Gasteiger partial charge in [0.1, 0.15) is 17.3 Å². The molecule has 7 heteroatoms. The van der Waals surface area contributed by atoms with E-state index in [1.807, 2.05) is 26.0 Å². The summed E-state index contributed by atoms with van der Waals surface area (Å²) in [6.45, 7) is 3.40. The minimum absolute atomic E-state index is 0.0403. The molecule has 0 aliphatic rings. The number of rotatable bonds is 4. The summed E-state index contributed by atoms with van der Waals surface area (Å²) >= 11 is 3.04. The van der Waals surface area contributed by atoms with Crippen LogP contribution in [0.4, 0.5) is 5.69 Å². The van der Waals surface area contributed by atoms with Crippen LogP contribution in [0.2, 0.25) is 0 Å². The van der Waals surface area contributed by atoms with E-state index in [0.717, 1.165) is 11.1 Å². The van der Waals surface area contributed by atoms with Crippen molar-refractivity contribution in [1.29, 1.82) is 0 Å². The number of sulfonamides is 1. The largest absolute Gasteiger partial charge is 0.450 e. The minimum atomic E-state index is -3.77. The van der Waals surface area contributed by atoms with Crippen LogP contribution in [0.5, 0.6) is 0 Å². The van der Waals surface area contributed by atoms with E-state index in [4.69, 9.17) is 9.52 Å². The molecule has 108 valence electrons. The van der Waals surface area contributed by atoms with E-state index < -0.39 is 10.0 Å². The highest BCUT2D eigenvalue weighted by molar-refractivity contribution is 9.10. The van der Waals surface area contributed by atoms with Crippen molar-refractivity contribution in [3.63, 3.8) is 0 Å². The Balaban J connectivity index is 2.38. The van der Waals surface area contributed by atoms with Crippen molar-refractivity contribution in [2.45, 2.75) is 25.3 Å².